The second kappa shape index (κ2) is 11.4. The first-order valence-electron chi connectivity index (χ1n) is 13.9. The van der Waals surface area contributed by atoms with E-state index in [1.807, 2.05) is 48.5 Å². The third-order valence-electron chi connectivity index (χ3n) is 7.78. The van der Waals surface area contributed by atoms with Crippen molar-refractivity contribution in [2.24, 2.45) is 0 Å². The highest BCUT2D eigenvalue weighted by atomic mass is 16.5. The van der Waals surface area contributed by atoms with Gasteiger partial charge in [0.2, 0.25) is 5.91 Å². The topological polar surface area (TPSA) is 79.0 Å². The highest BCUT2D eigenvalue weighted by Gasteiger charge is 2.40. The zero-order valence-electron chi connectivity index (χ0n) is 23.4. The van der Waals surface area contributed by atoms with Crippen LogP contribution >= 0.6 is 0 Å². The summed E-state index contributed by atoms with van der Waals surface area (Å²) in [5.74, 6) is -0.0589. The van der Waals surface area contributed by atoms with Crippen molar-refractivity contribution in [1.82, 2.24) is 0 Å². The summed E-state index contributed by atoms with van der Waals surface area (Å²) < 4.78 is 5.19. The molecule has 1 N–H and O–H groups in total. The molecule has 2 aliphatic rings. The second-order valence-electron chi connectivity index (χ2n) is 10.3. The maximum atomic E-state index is 14.0. The molecule has 1 aliphatic carbocycles. The first-order chi connectivity index (χ1) is 19.3. The predicted molar refractivity (Wildman–Crippen MR) is 158 cm³/mol. The fraction of sp³-hybridized carbons (Fsp3) is 0.303. The second-order valence-corrected chi connectivity index (χ2v) is 10.3. The van der Waals surface area contributed by atoms with Gasteiger partial charge in [0.15, 0.2) is 5.78 Å². The molecule has 5 rings (SSSR count). The molecule has 1 amide bonds. The summed E-state index contributed by atoms with van der Waals surface area (Å²) in [4.78, 5) is 42.6. The van der Waals surface area contributed by atoms with Crippen LogP contribution in [0.25, 0.3) is 0 Å². The summed E-state index contributed by atoms with van der Waals surface area (Å²) >= 11 is 0. The molecule has 0 saturated heterocycles. The molecule has 206 valence electrons. The zero-order chi connectivity index (χ0) is 28.4. The number of ketones is 1. The Morgan fingerprint density at radius 3 is 2.17 bits per heavy atom. The minimum Gasteiger partial charge on any atom is -0.427 e. The van der Waals surface area contributed by atoms with Crippen LogP contribution in [0.1, 0.15) is 63.6 Å². The van der Waals surface area contributed by atoms with Gasteiger partial charge in [-0.3, -0.25) is 19.3 Å². The lowest BCUT2D eigenvalue weighted by Crippen LogP contribution is -2.37. The molecule has 7 nitrogen and oxygen atoms in total. The Morgan fingerprint density at radius 1 is 0.900 bits per heavy atom. The molecule has 2 atom stereocenters. The zero-order valence-corrected chi connectivity index (χ0v) is 23.4. The van der Waals surface area contributed by atoms with Gasteiger partial charge in [0.05, 0.1) is 17.4 Å². The van der Waals surface area contributed by atoms with Crippen LogP contribution in [0.4, 0.5) is 17.1 Å². The smallest absolute Gasteiger partial charge is 0.308 e. The number of esters is 1. The normalized spacial score (nSPS) is 18.3. The number of ether oxygens (including phenoxy) is 1. The number of nitrogens with zero attached hydrogens (tertiary/aromatic N) is 2. The first-order valence-corrected chi connectivity index (χ1v) is 13.9. The fourth-order valence-corrected chi connectivity index (χ4v) is 5.92. The number of Topliss-reactive ketones (excluding diaryl/α,β-unsaturated/α-hetero) is 1. The number of hydrogen-bond acceptors (Lipinski definition) is 6. The predicted octanol–water partition coefficient (Wildman–Crippen LogP) is 6.38. The highest BCUT2D eigenvalue weighted by molar-refractivity contribution is 6.06. The van der Waals surface area contributed by atoms with Crippen molar-refractivity contribution >= 4 is 34.7 Å². The van der Waals surface area contributed by atoms with Crippen LogP contribution in [0.3, 0.4) is 0 Å². The quantitative estimate of drug-likeness (QED) is 0.290. The summed E-state index contributed by atoms with van der Waals surface area (Å²) in [6.45, 7) is 8.97. The number of nitrogens with one attached hydrogen (secondary N) is 1. The van der Waals surface area contributed by atoms with Gasteiger partial charge in [-0.25, -0.2) is 0 Å². The van der Waals surface area contributed by atoms with E-state index in [0.717, 1.165) is 47.0 Å². The molecule has 0 aromatic heterocycles. The molecule has 40 heavy (non-hydrogen) atoms. The Bertz CT molecular complexity index is 1460. The van der Waals surface area contributed by atoms with Gasteiger partial charge in [0.25, 0.3) is 0 Å². The van der Waals surface area contributed by atoms with E-state index < -0.39 is 6.04 Å². The maximum absolute atomic E-state index is 14.0. The number of anilines is 3. The maximum Gasteiger partial charge on any atom is 0.308 e. The van der Waals surface area contributed by atoms with Gasteiger partial charge >= 0.3 is 5.97 Å². The summed E-state index contributed by atoms with van der Waals surface area (Å²) in [7, 11) is 0. The summed E-state index contributed by atoms with van der Waals surface area (Å²) in [5.41, 5.74) is 6.02. The summed E-state index contributed by atoms with van der Waals surface area (Å²) in [5, 5.41) is 3.55. The molecule has 0 radical (unpaired) electrons. The van der Waals surface area contributed by atoms with Gasteiger partial charge in [0, 0.05) is 50.3 Å². The SMILES string of the molecule is CCN(CC)c1ccc(C2C3=C(CC(c4ccc(OC(C)=O)cc4)CC3=O)Nc3ccccc3N2C(C)=O)cc1. The molecule has 0 bridgehead atoms. The Morgan fingerprint density at radius 2 is 1.55 bits per heavy atom. The van der Waals surface area contributed by atoms with E-state index >= 15 is 0 Å². The Labute approximate surface area is 235 Å². The number of rotatable bonds is 6. The number of hydrogen-bond donors (Lipinski definition) is 1. The average Bonchev–Trinajstić information content (AvgIpc) is 3.09. The van der Waals surface area contributed by atoms with E-state index in [1.165, 1.54) is 6.92 Å². The van der Waals surface area contributed by atoms with Crippen LogP contribution in [0, 0.1) is 0 Å². The molecule has 3 aromatic carbocycles. The number of para-hydroxylation sites is 2. The Hall–Kier alpha value is -4.39. The van der Waals surface area contributed by atoms with Crippen molar-refractivity contribution in [3.05, 3.63) is 95.2 Å². The van der Waals surface area contributed by atoms with E-state index in [1.54, 1.807) is 24.0 Å². The number of carbonyl (C=O) groups is 3. The molecule has 1 aliphatic heterocycles. The lowest BCUT2D eigenvalue weighted by Gasteiger charge is -2.35. The van der Waals surface area contributed by atoms with E-state index in [2.05, 4.69) is 36.2 Å². The van der Waals surface area contributed by atoms with Gasteiger partial charge in [0.1, 0.15) is 5.75 Å². The van der Waals surface area contributed by atoms with Crippen molar-refractivity contribution in [2.75, 3.05) is 28.2 Å². The molecule has 3 aromatic rings. The van der Waals surface area contributed by atoms with Crippen LogP contribution in [-0.4, -0.2) is 30.7 Å². The van der Waals surface area contributed by atoms with E-state index in [-0.39, 0.29) is 23.6 Å². The number of allylic oxidation sites excluding steroid dienone is 1. The van der Waals surface area contributed by atoms with Gasteiger partial charge in [-0.15, -0.1) is 0 Å². The third kappa shape index (κ3) is 5.24. The molecule has 0 saturated carbocycles. The molecular weight excluding hydrogens is 502 g/mol. The van der Waals surface area contributed by atoms with Crippen LogP contribution in [0.2, 0.25) is 0 Å². The molecule has 1 heterocycles. The summed E-state index contributed by atoms with van der Waals surface area (Å²) in [6.07, 6.45) is 0.936. The van der Waals surface area contributed by atoms with Crippen molar-refractivity contribution in [1.29, 1.82) is 0 Å². The minimum atomic E-state index is -0.547. The number of benzene rings is 3. The monoisotopic (exact) mass is 537 g/mol. The Balaban J connectivity index is 1.59. The van der Waals surface area contributed by atoms with Gasteiger partial charge in [-0.1, -0.05) is 36.4 Å². The fourth-order valence-electron chi connectivity index (χ4n) is 5.92. The highest BCUT2D eigenvalue weighted by Crippen LogP contribution is 2.47. The lowest BCUT2D eigenvalue weighted by molar-refractivity contribution is -0.132. The van der Waals surface area contributed by atoms with Gasteiger partial charge in [-0.2, -0.15) is 0 Å². The number of amides is 1. The molecule has 2 unspecified atom stereocenters. The van der Waals surface area contributed by atoms with Crippen molar-refractivity contribution in [2.45, 2.75) is 52.5 Å². The molecule has 7 heteroatoms. The third-order valence-corrected chi connectivity index (χ3v) is 7.78. The van der Waals surface area contributed by atoms with Crippen LogP contribution in [0.5, 0.6) is 5.75 Å². The molecule has 0 fully saturated rings. The summed E-state index contributed by atoms with van der Waals surface area (Å²) in [6, 6.07) is 22.8. The van der Waals surface area contributed by atoms with Crippen LogP contribution < -0.4 is 19.9 Å². The minimum absolute atomic E-state index is 0.0136. The average molecular weight is 538 g/mol. The number of fused-ring (bicyclic) bond motifs is 1. The Kier molecular flexibility index (Phi) is 7.74. The van der Waals surface area contributed by atoms with E-state index in [0.29, 0.717) is 24.2 Å². The lowest BCUT2D eigenvalue weighted by atomic mass is 9.78. The van der Waals surface area contributed by atoms with Crippen molar-refractivity contribution in [3.63, 3.8) is 0 Å². The molecular formula is C33H35N3O4. The van der Waals surface area contributed by atoms with Gasteiger partial charge < -0.3 is 15.0 Å². The standard InChI is InChI=1S/C33H35N3O4/c1-5-35(6-2)26-15-11-24(12-16-26)33-32-29(34-28-9-7-8-10-30(28)36(33)21(3)37)19-25(20-31(32)39)23-13-17-27(18-14-23)40-22(4)38/h7-18,25,33-34H,5-6,19-20H2,1-4H3. The largest absolute Gasteiger partial charge is 0.427 e. The van der Waals surface area contributed by atoms with Crippen molar-refractivity contribution in [3.8, 4) is 5.75 Å². The molecule has 0 spiro atoms. The number of carbonyl (C=O) groups excluding carboxylic acids is 3. The van der Waals surface area contributed by atoms with Crippen LogP contribution in [0.15, 0.2) is 84.1 Å². The van der Waals surface area contributed by atoms with E-state index in [4.69, 9.17) is 4.74 Å². The van der Waals surface area contributed by atoms with Crippen LogP contribution in [-0.2, 0) is 14.4 Å². The van der Waals surface area contributed by atoms with Gasteiger partial charge in [-0.05, 0) is 73.7 Å². The van der Waals surface area contributed by atoms with Crippen molar-refractivity contribution < 1.29 is 19.1 Å². The van der Waals surface area contributed by atoms with E-state index in [9.17, 15) is 14.4 Å². The first kappa shape index (κ1) is 27.2.